The normalized spacial score (nSPS) is 20.7. The number of amides is 1. The van der Waals surface area contributed by atoms with E-state index in [1.165, 1.54) is 0 Å². The van der Waals surface area contributed by atoms with Crippen molar-refractivity contribution >= 4 is 17.5 Å². The molecule has 2 rings (SSSR count). The maximum Gasteiger partial charge on any atom is 0.251 e. The fourth-order valence-corrected chi connectivity index (χ4v) is 2.22. The number of halogens is 1. The van der Waals surface area contributed by atoms with Crippen molar-refractivity contribution in [2.45, 2.75) is 6.04 Å². The molecule has 2 N–H and O–H groups in total. The van der Waals surface area contributed by atoms with Gasteiger partial charge in [0.05, 0.1) is 0 Å². The van der Waals surface area contributed by atoms with Gasteiger partial charge in [-0.05, 0) is 25.2 Å². The number of hydrogen-bond donors (Lipinski definition) is 2. The van der Waals surface area contributed by atoms with Gasteiger partial charge < -0.3 is 10.6 Å². The molecule has 1 unspecified atom stereocenters. The van der Waals surface area contributed by atoms with E-state index >= 15 is 0 Å². The first kappa shape index (κ1) is 13.3. The second kappa shape index (κ2) is 6.18. The molecule has 1 amide bonds. The van der Waals surface area contributed by atoms with E-state index in [1.54, 1.807) is 24.3 Å². The molecule has 98 valence electrons. The molecule has 1 fully saturated rings. The lowest BCUT2D eigenvalue weighted by Gasteiger charge is -2.33. The van der Waals surface area contributed by atoms with Gasteiger partial charge in [-0.3, -0.25) is 9.69 Å². The van der Waals surface area contributed by atoms with Crippen LogP contribution in [0, 0.1) is 0 Å². The molecule has 0 bridgehead atoms. The summed E-state index contributed by atoms with van der Waals surface area (Å²) in [4.78, 5) is 14.2. The molecule has 0 saturated carbocycles. The van der Waals surface area contributed by atoms with Gasteiger partial charge >= 0.3 is 0 Å². The van der Waals surface area contributed by atoms with E-state index in [1.807, 2.05) is 0 Å². The Balaban J connectivity index is 1.88. The van der Waals surface area contributed by atoms with Crippen molar-refractivity contribution < 1.29 is 4.79 Å². The molecule has 0 aliphatic carbocycles. The van der Waals surface area contributed by atoms with E-state index in [-0.39, 0.29) is 5.91 Å². The van der Waals surface area contributed by atoms with Crippen LogP contribution >= 0.6 is 11.6 Å². The second-order valence-corrected chi connectivity index (χ2v) is 5.00. The van der Waals surface area contributed by atoms with E-state index in [9.17, 15) is 4.79 Å². The van der Waals surface area contributed by atoms with E-state index in [0.717, 1.165) is 19.6 Å². The summed E-state index contributed by atoms with van der Waals surface area (Å²) in [6.45, 7) is 3.58. The lowest BCUT2D eigenvalue weighted by atomic mass is 10.2. The van der Waals surface area contributed by atoms with Gasteiger partial charge in [-0.2, -0.15) is 0 Å². The number of likely N-dealkylation sites (N-methyl/N-ethyl adjacent to an activating group) is 1. The standard InChI is InChI=1S/C13H18ClN3O/c1-17-6-5-15-8-12(17)9-16-13(18)10-3-2-4-11(14)7-10/h2-4,7,12,15H,5-6,8-9H2,1H3,(H,16,18). The first-order valence-electron chi connectivity index (χ1n) is 6.11. The van der Waals surface area contributed by atoms with Crippen LogP contribution in [0.3, 0.4) is 0 Å². The minimum Gasteiger partial charge on any atom is -0.350 e. The molecule has 1 aromatic rings. The predicted molar refractivity (Wildman–Crippen MR) is 73.1 cm³/mol. The SMILES string of the molecule is CN1CCNCC1CNC(=O)c1cccc(Cl)c1. The van der Waals surface area contributed by atoms with Crippen molar-refractivity contribution in [3.8, 4) is 0 Å². The molecule has 1 aliphatic rings. The van der Waals surface area contributed by atoms with E-state index in [4.69, 9.17) is 11.6 Å². The molecule has 0 radical (unpaired) electrons. The number of carbonyl (C=O) groups is 1. The van der Waals surface area contributed by atoms with Gasteiger partial charge in [0.2, 0.25) is 0 Å². The molecule has 0 spiro atoms. The van der Waals surface area contributed by atoms with Gasteiger partial charge in [0, 0.05) is 42.8 Å². The molecular formula is C13H18ClN3O. The highest BCUT2D eigenvalue weighted by Crippen LogP contribution is 2.10. The second-order valence-electron chi connectivity index (χ2n) is 4.56. The molecule has 1 aliphatic heterocycles. The fourth-order valence-electron chi connectivity index (χ4n) is 2.03. The summed E-state index contributed by atoms with van der Waals surface area (Å²) in [5.41, 5.74) is 0.605. The van der Waals surface area contributed by atoms with Crippen LogP contribution in [0.4, 0.5) is 0 Å². The maximum absolute atomic E-state index is 11.9. The topological polar surface area (TPSA) is 44.4 Å². The summed E-state index contributed by atoms with van der Waals surface area (Å²) in [5, 5.41) is 6.85. The highest BCUT2D eigenvalue weighted by Gasteiger charge is 2.19. The zero-order valence-electron chi connectivity index (χ0n) is 10.4. The molecule has 0 aromatic heterocycles. The number of nitrogens with one attached hydrogen (secondary N) is 2. The molecule has 1 heterocycles. The Morgan fingerprint density at radius 3 is 3.17 bits per heavy atom. The molecule has 18 heavy (non-hydrogen) atoms. The Morgan fingerprint density at radius 2 is 2.44 bits per heavy atom. The monoisotopic (exact) mass is 267 g/mol. The van der Waals surface area contributed by atoms with E-state index in [0.29, 0.717) is 23.2 Å². The summed E-state index contributed by atoms with van der Waals surface area (Å²) in [6, 6.07) is 7.34. The van der Waals surface area contributed by atoms with Gasteiger partial charge in [0.1, 0.15) is 0 Å². The zero-order valence-corrected chi connectivity index (χ0v) is 11.2. The third-order valence-corrected chi connectivity index (χ3v) is 3.46. The van der Waals surface area contributed by atoms with Crippen molar-refractivity contribution in [3.05, 3.63) is 34.9 Å². The largest absolute Gasteiger partial charge is 0.350 e. The summed E-state index contributed by atoms with van der Waals surface area (Å²) in [5.74, 6) is -0.0727. The number of hydrogen-bond acceptors (Lipinski definition) is 3. The van der Waals surface area contributed by atoms with Crippen molar-refractivity contribution in [3.63, 3.8) is 0 Å². The summed E-state index contributed by atoms with van der Waals surface area (Å²) >= 11 is 5.86. The lowest BCUT2D eigenvalue weighted by molar-refractivity contribution is 0.0933. The van der Waals surface area contributed by atoms with Crippen LogP contribution < -0.4 is 10.6 Å². The van der Waals surface area contributed by atoms with E-state index in [2.05, 4.69) is 22.6 Å². The molecule has 1 atom stereocenters. The highest BCUT2D eigenvalue weighted by molar-refractivity contribution is 6.30. The number of piperazine rings is 1. The van der Waals surface area contributed by atoms with Crippen molar-refractivity contribution in [2.24, 2.45) is 0 Å². The lowest BCUT2D eigenvalue weighted by Crippen LogP contribution is -2.53. The molecular weight excluding hydrogens is 250 g/mol. The van der Waals surface area contributed by atoms with Gasteiger partial charge in [0.25, 0.3) is 5.91 Å². The molecule has 1 aromatic carbocycles. The predicted octanol–water partition coefficient (Wildman–Crippen LogP) is 0.973. The van der Waals surface area contributed by atoms with Gasteiger partial charge in [0.15, 0.2) is 0 Å². The van der Waals surface area contributed by atoms with Gasteiger partial charge in [-0.25, -0.2) is 0 Å². The first-order chi connectivity index (χ1) is 8.66. The van der Waals surface area contributed by atoms with Crippen LogP contribution in [-0.2, 0) is 0 Å². The van der Waals surface area contributed by atoms with Crippen molar-refractivity contribution in [1.29, 1.82) is 0 Å². The Hall–Kier alpha value is -1.10. The minimum atomic E-state index is -0.0727. The third-order valence-electron chi connectivity index (χ3n) is 3.23. The van der Waals surface area contributed by atoms with E-state index < -0.39 is 0 Å². The van der Waals surface area contributed by atoms with Crippen molar-refractivity contribution in [2.75, 3.05) is 33.2 Å². The van der Waals surface area contributed by atoms with Crippen molar-refractivity contribution in [1.82, 2.24) is 15.5 Å². The summed E-state index contributed by atoms with van der Waals surface area (Å²) in [6.07, 6.45) is 0. The number of carbonyl (C=O) groups excluding carboxylic acids is 1. The highest BCUT2D eigenvalue weighted by atomic mass is 35.5. The van der Waals surface area contributed by atoms with Gasteiger partial charge in [-0.15, -0.1) is 0 Å². The average molecular weight is 268 g/mol. The maximum atomic E-state index is 11.9. The van der Waals surface area contributed by atoms with Crippen LogP contribution in [0.1, 0.15) is 10.4 Å². The van der Waals surface area contributed by atoms with Gasteiger partial charge in [-0.1, -0.05) is 17.7 Å². The number of rotatable bonds is 3. The summed E-state index contributed by atoms with van der Waals surface area (Å²) < 4.78 is 0. The Morgan fingerprint density at radius 1 is 1.61 bits per heavy atom. The Bertz CT molecular complexity index is 424. The third kappa shape index (κ3) is 3.45. The number of benzene rings is 1. The molecule has 4 nitrogen and oxygen atoms in total. The molecule has 1 saturated heterocycles. The van der Waals surface area contributed by atoms with Crippen LogP contribution in [0.15, 0.2) is 24.3 Å². The Kier molecular flexibility index (Phi) is 4.58. The summed E-state index contributed by atoms with van der Waals surface area (Å²) in [7, 11) is 2.08. The zero-order chi connectivity index (χ0) is 13.0. The minimum absolute atomic E-state index is 0.0727. The van der Waals surface area contributed by atoms with Crippen LogP contribution in [0.2, 0.25) is 5.02 Å². The van der Waals surface area contributed by atoms with Crippen LogP contribution in [0.25, 0.3) is 0 Å². The first-order valence-corrected chi connectivity index (χ1v) is 6.49. The average Bonchev–Trinajstić information content (AvgIpc) is 2.37. The van der Waals surface area contributed by atoms with Crippen LogP contribution in [0.5, 0.6) is 0 Å². The Labute approximate surface area is 112 Å². The number of nitrogens with zero attached hydrogens (tertiary/aromatic N) is 1. The smallest absolute Gasteiger partial charge is 0.251 e. The quantitative estimate of drug-likeness (QED) is 0.858. The fraction of sp³-hybridized carbons (Fsp3) is 0.462. The molecule has 5 heteroatoms. The van der Waals surface area contributed by atoms with Crippen LogP contribution in [-0.4, -0.2) is 50.1 Å².